The standard InChI is InChI=1S/C7H13ClF3N/c1-3-6(2,4-8)12-5-7(9,10)11/h12H,3-5H2,1-2H3. The molecule has 0 aromatic heterocycles. The van der Waals surface area contributed by atoms with Crippen molar-refractivity contribution in [3.05, 3.63) is 0 Å². The molecule has 0 fully saturated rings. The van der Waals surface area contributed by atoms with E-state index in [1.54, 1.807) is 13.8 Å². The largest absolute Gasteiger partial charge is 0.401 e. The molecular weight excluding hydrogens is 191 g/mol. The minimum atomic E-state index is -4.16. The number of rotatable bonds is 4. The number of hydrogen-bond donors (Lipinski definition) is 1. The van der Waals surface area contributed by atoms with Gasteiger partial charge in [0.05, 0.1) is 6.54 Å². The molecule has 0 aromatic rings. The van der Waals surface area contributed by atoms with E-state index in [1.807, 2.05) is 0 Å². The Morgan fingerprint density at radius 2 is 1.83 bits per heavy atom. The van der Waals surface area contributed by atoms with Crippen LogP contribution in [0, 0.1) is 0 Å². The van der Waals surface area contributed by atoms with Crippen LogP contribution in [0.3, 0.4) is 0 Å². The van der Waals surface area contributed by atoms with E-state index in [0.29, 0.717) is 6.42 Å². The normalized spacial score (nSPS) is 17.5. The Kier molecular flexibility index (Phi) is 4.34. The maximum absolute atomic E-state index is 11.8. The fourth-order valence-electron chi connectivity index (χ4n) is 0.580. The van der Waals surface area contributed by atoms with Gasteiger partial charge in [-0.2, -0.15) is 13.2 Å². The van der Waals surface area contributed by atoms with Crippen LogP contribution in [0.2, 0.25) is 0 Å². The molecule has 0 heterocycles. The predicted octanol–water partition coefficient (Wildman–Crippen LogP) is 2.55. The number of hydrogen-bond acceptors (Lipinski definition) is 1. The van der Waals surface area contributed by atoms with Gasteiger partial charge in [-0.3, -0.25) is 0 Å². The quantitative estimate of drug-likeness (QED) is 0.693. The Labute approximate surface area is 75.3 Å². The summed E-state index contributed by atoms with van der Waals surface area (Å²) in [6, 6.07) is 0. The molecule has 0 rings (SSSR count). The van der Waals surface area contributed by atoms with E-state index < -0.39 is 18.3 Å². The van der Waals surface area contributed by atoms with Gasteiger partial charge in [0.15, 0.2) is 0 Å². The van der Waals surface area contributed by atoms with Gasteiger partial charge < -0.3 is 5.32 Å². The van der Waals surface area contributed by atoms with Crippen LogP contribution in [0.1, 0.15) is 20.3 Å². The van der Waals surface area contributed by atoms with Crippen LogP contribution in [-0.2, 0) is 0 Å². The van der Waals surface area contributed by atoms with Gasteiger partial charge in [-0.25, -0.2) is 0 Å². The van der Waals surface area contributed by atoms with Gasteiger partial charge >= 0.3 is 6.18 Å². The monoisotopic (exact) mass is 203 g/mol. The van der Waals surface area contributed by atoms with Gasteiger partial charge in [-0.1, -0.05) is 6.92 Å². The van der Waals surface area contributed by atoms with E-state index in [1.165, 1.54) is 0 Å². The van der Waals surface area contributed by atoms with Crippen molar-refractivity contribution in [3.8, 4) is 0 Å². The molecule has 0 saturated heterocycles. The third-order valence-electron chi connectivity index (χ3n) is 1.79. The van der Waals surface area contributed by atoms with Crippen LogP contribution in [0.25, 0.3) is 0 Å². The maximum atomic E-state index is 11.8. The zero-order valence-corrected chi connectivity index (χ0v) is 7.89. The average molecular weight is 204 g/mol. The van der Waals surface area contributed by atoms with Crippen LogP contribution in [0.15, 0.2) is 0 Å². The molecule has 12 heavy (non-hydrogen) atoms. The Morgan fingerprint density at radius 3 is 2.08 bits per heavy atom. The fraction of sp³-hybridized carbons (Fsp3) is 1.00. The summed E-state index contributed by atoms with van der Waals surface area (Å²) in [6.45, 7) is 2.49. The first-order valence-electron chi connectivity index (χ1n) is 3.71. The van der Waals surface area contributed by atoms with Crippen molar-refractivity contribution in [2.75, 3.05) is 12.4 Å². The molecule has 0 aliphatic carbocycles. The minimum absolute atomic E-state index is 0.180. The van der Waals surface area contributed by atoms with Crippen molar-refractivity contribution >= 4 is 11.6 Å². The van der Waals surface area contributed by atoms with Crippen LogP contribution < -0.4 is 5.32 Å². The topological polar surface area (TPSA) is 12.0 Å². The molecule has 0 spiro atoms. The van der Waals surface area contributed by atoms with E-state index >= 15 is 0 Å². The molecule has 0 aliphatic heterocycles. The summed E-state index contributed by atoms with van der Waals surface area (Å²) < 4.78 is 35.3. The van der Waals surface area contributed by atoms with Crippen molar-refractivity contribution in [2.24, 2.45) is 0 Å². The molecule has 0 amide bonds. The highest BCUT2D eigenvalue weighted by Gasteiger charge is 2.31. The molecule has 0 aromatic carbocycles. The van der Waals surface area contributed by atoms with Crippen molar-refractivity contribution in [1.29, 1.82) is 0 Å². The molecule has 1 nitrogen and oxygen atoms in total. The second kappa shape index (κ2) is 4.33. The van der Waals surface area contributed by atoms with Gasteiger partial charge in [0.25, 0.3) is 0 Å². The van der Waals surface area contributed by atoms with Crippen LogP contribution in [-0.4, -0.2) is 24.1 Å². The van der Waals surface area contributed by atoms with Gasteiger partial charge in [0.2, 0.25) is 0 Å². The number of nitrogens with one attached hydrogen (secondary N) is 1. The van der Waals surface area contributed by atoms with Crippen LogP contribution in [0.4, 0.5) is 13.2 Å². The molecule has 0 radical (unpaired) electrons. The van der Waals surface area contributed by atoms with E-state index in [4.69, 9.17) is 11.6 Å². The van der Waals surface area contributed by atoms with Crippen molar-refractivity contribution in [3.63, 3.8) is 0 Å². The van der Waals surface area contributed by atoms with Gasteiger partial charge in [-0.15, -0.1) is 11.6 Å². The average Bonchev–Trinajstić information content (AvgIpc) is 1.99. The Balaban J connectivity index is 3.89. The van der Waals surface area contributed by atoms with E-state index in [-0.39, 0.29) is 5.88 Å². The number of halogens is 4. The molecule has 1 atom stereocenters. The maximum Gasteiger partial charge on any atom is 0.401 e. The highest BCUT2D eigenvalue weighted by molar-refractivity contribution is 6.18. The van der Waals surface area contributed by atoms with Crippen molar-refractivity contribution in [1.82, 2.24) is 5.32 Å². The van der Waals surface area contributed by atoms with Crippen molar-refractivity contribution < 1.29 is 13.2 Å². The molecule has 74 valence electrons. The summed E-state index contributed by atoms with van der Waals surface area (Å²) >= 11 is 5.51. The summed E-state index contributed by atoms with van der Waals surface area (Å²) in [5.74, 6) is 0.180. The van der Waals surface area contributed by atoms with E-state index in [2.05, 4.69) is 5.32 Å². The lowest BCUT2D eigenvalue weighted by atomic mass is 10.0. The van der Waals surface area contributed by atoms with Gasteiger partial charge in [-0.05, 0) is 13.3 Å². The van der Waals surface area contributed by atoms with Gasteiger partial charge in [0, 0.05) is 11.4 Å². The zero-order chi connectivity index (χ0) is 9.83. The molecule has 5 heteroatoms. The third kappa shape index (κ3) is 4.83. The van der Waals surface area contributed by atoms with Gasteiger partial charge in [0.1, 0.15) is 0 Å². The van der Waals surface area contributed by atoms with Crippen LogP contribution >= 0.6 is 11.6 Å². The lowest BCUT2D eigenvalue weighted by molar-refractivity contribution is -0.128. The summed E-state index contributed by atoms with van der Waals surface area (Å²) in [5, 5.41) is 2.38. The highest BCUT2D eigenvalue weighted by Crippen LogP contribution is 2.17. The lowest BCUT2D eigenvalue weighted by Crippen LogP contribution is -2.47. The summed E-state index contributed by atoms with van der Waals surface area (Å²) in [4.78, 5) is 0. The third-order valence-corrected chi connectivity index (χ3v) is 2.38. The summed E-state index contributed by atoms with van der Waals surface area (Å²) in [5.41, 5.74) is -0.614. The minimum Gasteiger partial charge on any atom is -0.302 e. The smallest absolute Gasteiger partial charge is 0.302 e. The first-order chi connectivity index (χ1) is 5.33. The second-order valence-corrected chi connectivity index (χ2v) is 3.28. The predicted molar refractivity (Wildman–Crippen MR) is 43.5 cm³/mol. The molecule has 1 unspecified atom stereocenters. The van der Waals surface area contributed by atoms with E-state index in [0.717, 1.165) is 0 Å². The molecule has 0 bridgehead atoms. The van der Waals surface area contributed by atoms with Crippen molar-refractivity contribution in [2.45, 2.75) is 32.0 Å². The molecule has 0 aliphatic rings. The highest BCUT2D eigenvalue weighted by atomic mass is 35.5. The second-order valence-electron chi connectivity index (χ2n) is 3.02. The summed E-state index contributed by atoms with van der Waals surface area (Å²) in [7, 11) is 0. The Morgan fingerprint density at radius 1 is 1.33 bits per heavy atom. The molecule has 1 N–H and O–H groups in total. The Bertz CT molecular complexity index is 131. The lowest BCUT2D eigenvalue weighted by Gasteiger charge is -2.27. The van der Waals surface area contributed by atoms with Crippen LogP contribution in [0.5, 0.6) is 0 Å². The van der Waals surface area contributed by atoms with E-state index in [9.17, 15) is 13.2 Å². The number of alkyl halides is 4. The molecule has 0 saturated carbocycles. The first kappa shape index (κ1) is 12.0. The fourth-order valence-corrected chi connectivity index (χ4v) is 0.864. The summed E-state index contributed by atoms with van der Waals surface area (Å²) in [6.07, 6.45) is -3.59. The molecular formula is C7H13ClF3N. The first-order valence-corrected chi connectivity index (χ1v) is 4.24. The zero-order valence-electron chi connectivity index (χ0n) is 7.13. The SMILES string of the molecule is CCC(C)(CCl)NCC(F)(F)F. The Hall–Kier alpha value is 0.0400.